The van der Waals surface area contributed by atoms with E-state index >= 15 is 0 Å². The van der Waals surface area contributed by atoms with Crippen molar-refractivity contribution >= 4 is 41.0 Å². The van der Waals surface area contributed by atoms with Gasteiger partial charge in [-0.2, -0.15) is 4.68 Å². The monoisotopic (exact) mass is 414 g/mol. The second-order valence-corrected chi connectivity index (χ2v) is 7.76. The zero-order valence-corrected chi connectivity index (χ0v) is 16.7. The predicted octanol–water partition coefficient (Wildman–Crippen LogP) is 2.28. The van der Waals surface area contributed by atoms with Crippen molar-refractivity contribution in [2.45, 2.75) is 17.0 Å². The molecule has 0 bridgehead atoms. The highest BCUT2D eigenvalue weighted by Gasteiger charge is 2.13. The molecule has 0 fully saturated rings. The summed E-state index contributed by atoms with van der Waals surface area (Å²) < 4.78 is 1.59. The van der Waals surface area contributed by atoms with Crippen molar-refractivity contribution in [2.75, 3.05) is 16.8 Å². The van der Waals surface area contributed by atoms with Crippen molar-refractivity contribution < 1.29 is 9.59 Å². The highest BCUT2D eigenvalue weighted by Crippen LogP contribution is 2.27. The normalized spacial score (nSPS) is 10.6. The number of nitrogens with zero attached hydrogens (tertiary/aromatic N) is 4. The lowest BCUT2D eigenvalue weighted by atomic mass is 10.2. The molecule has 2 amide bonds. The maximum absolute atomic E-state index is 12.4. The van der Waals surface area contributed by atoms with Gasteiger partial charge in [-0.15, -0.1) is 16.9 Å². The summed E-state index contributed by atoms with van der Waals surface area (Å²) in [6.45, 7) is 2.00. The summed E-state index contributed by atoms with van der Waals surface area (Å²) in [4.78, 5) is 24.2. The standard InChI is InChI=1S/C18H18N6O2S2/c1-12-6-8-13(9-7-12)24-18(21-22-23-24)28-11-17(26)20-14-4-2-3-5-15(14)27-10-16(19)25/h2-9H,10-11H2,1H3,(H2,19,25)(H,20,26). The summed E-state index contributed by atoms with van der Waals surface area (Å²) in [5, 5.41) is 15.1. The fourth-order valence-corrected chi connectivity index (χ4v) is 3.72. The molecule has 2 aromatic carbocycles. The molecule has 1 aromatic heterocycles. The Morgan fingerprint density at radius 1 is 1.07 bits per heavy atom. The van der Waals surface area contributed by atoms with Crippen molar-refractivity contribution in [1.82, 2.24) is 20.2 Å². The summed E-state index contributed by atoms with van der Waals surface area (Å²) >= 11 is 2.52. The number of thioether (sulfide) groups is 2. The van der Waals surface area contributed by atoms with E-state index in [1.165, 1.54) is 23.5 Å². The smallest absolute Gasteiger partial charge is 0.234 e. The maximum Gasteiger partial charge on any atom is 0.234 e. The second kappa shape index (κ2) is 9.38. The van der Waals surface area contributed by atoms with Crippen LogP contribution in [0.15, 0.2) is 58.6 Å². The summed E-state index contributed by atoms with van der Waals surface area (Å²) in [5.41, 5.74) is 7.79. The highest BCUT2D eigenvalue weighted by molar-refractivity contribution is 8.00. The summed E-state index contributed by atoms with van der Waals surface area (Å²) in [5.74, 6) is -0.325. The second-order valence-electron chi connectivity index (χ2n) is 5.80. The molecular weight excluding hydrogens is 396 g/mol. The molecule has 0 unspecified atom stereocenters. The number of para-hydroxylation sites is 1. The first kappa shape index (κ1) is 19.9. The zero-order chi connectivity index (χ0) is 19.9. The van der Waals surface area contributed by atoms with Crippen LogP contribution in [-0.4, -0.2) is 43.5 Å². The largest absolute Gasteiger partial charge is 0.369 e. The summed E-state index contributed by atoms with van der Waals surface area (Å²) in [6, 6.07) is 15.0. The number of aromatic nitrogens is 4. The molecule has 0 saturated heterocycles. The lowest BCUT2D eigenvalue weighted by Gasteiger charge is -2.10. The zero-order valence-electron chi connectivity index (χ0n) is 15.0. The minimum atomic E-state index is -0.412. The lowest BCUT2D eigenvalue weighted by Crippen LogP contribution is -2.16. The van der Waals surface area contributed by atoms with Crippen molar-refractivity contribution in [3.63, 3.8) is 0 Å². The summed E-state index contributed by atoms with van der Waals surface area (Å²) in [6.07, 6.45) is 0. The Labute approximate surface area is 170 Å². The van der Waals surface area contributed by atoms with E-state index in [2.05, 4.69) is 20.8 Å². The number of nitrogens with two attached hydrogens (primary N) is 1. The molecule has 1 heterocycles. The number of hydrogen-bond donors (Lipinski definition) is 2. The van der Waals surface area contributed by atoms with Crippen LogP contribution in [-0.2, 0) is 9.59 Å². The number of amides is 2. The fraction of sp³-hybridized carbons (Fsp3) is 0.167. The maximum atomic E-state index is 12.4. The van der Waals surface area contributed by atoms with Crippen LogP contribution in [0.2, 0.25) is 0 Å². The van der Waals surface area contributed by atoms with E-state index in [1.54, 1.807) is 10.7 Å². The molecule has 3 rings (SSSR count). The number of carbonyl (C=O) groups is 2. The lowest BCUT2D eigenvalue weighted by molar-refractivity contribution is -0.115. The molecule has 3 aromatic rings. The number of hydrogen-bond acceptors (Lipinski definition) is 7. The van der Waals surface area contributed by atoms with Crippen LogP contribution in [0.25, 0.3) is 5.69 Å². The third-order valence-electron chi connectivity index (χ3n) is 3.58. The number of primary amides is 1. The number of aryl methyl sites for hydroxylation is 1. The number of tetrazole rings is 1. The van der Waals surface area contributed by atoms with Crippen LogP contribution in [0.4, 0.5) is 5.69 Å². The Morgan fingerprint density at radius 3 is 2.57 bits per heavy atom. The third kappa shape index (κ3) is 5.33. The molecule has 0 aliphatic carbocycles. The van der Waals surface area contributed by atoms with Gasteiger partial charge in [0.25, 0.3) is 0 Å². The first-order valence-corrected chi connectivity index (χ1v) is 10.3. The number of carbonyl (C=O) groups excluding carboxylic acids is 2. The van der Waals surface area contributed by atoms with Crippen molar-refractivity contribution in [2.24, 2.45) is 5.73 Å². The molecule has 0 atom stereocenters. The average molecular weight is 415 g/mol. The first-order valence-electron chi connectivity index (χ1n) is 8.31. The van der Waals surface area contributed by atoms with Crippen LogP contribution in [0.1, 0.15) is 5.56 Å². The minimum Gasteiger partial charge on any atom is -0.369 e. The topological polar surface area (TPSA) is 116 Å². The molecule has 0 aliphatic rings. The molecule has 28 heavy (non-hydrogen) atoms. The van der Waals surface area contributed by atoms with Crippen LogP contribution in [0, 0.1) is 6.92 Å². The van der Waals surface area contributed by atoms with Crippen LogP contribution >= 0.6 is 23.5 Å². The van der Waals surface area contributed by atoms with Gasteiger partial charge in [0.05, 0.1) is 22.9 Å². The van der Waals surface area contributed by atoms with E-state index in [0.717, 1.165) is 16.1 Å². The Balaban J connectivity index is 1.62. The molecule has 0 spiro atoms. The predicted molar refractivity (Wildman–Crippen MR) is 110 cm³/mol. The van der Waals surface area contributed by atoms with E-state index in [-0.39, 0.29) is 17.4 Å². The molecule has 3 N–H and O–H groups in total. The number of benzene rings is 2. The van der Waals surface area contributed by atoms with Gasteiger partial charge in [0.15, 0.2) is 0 Å². The number of nitrogens with one attached hydrogen (secondary N) is 1. The van der Waals surface area contributed by atoms with Gasteiger partial charge in [-0.3, -0.25) is 9.59 Å². The van der Waals surface area contributed by atoms with Crippen LogP contribution in [0.5, 0.6) is 0 Å². The van der Waals surface area contributed by atoms with Crippen molar-refractivity contribution in [3.05, 3.63) is 54.1 Å². The molecule has 8 nitrogen and oxygen atoms in total. The van der Waals surface area contributed by atoms with Crippen molar-refractivity contribution in [1.29, 1.82) is 0 Å². The molecule has 0 radical (unpaired) electrons. The number of anilines is 1. The van der Waals surface area contributed by atoms with Gasteiger partial charge in [0, 0.05) is 4.90 Å². The summed E-state index contributed by atoms with van der Waals surface area (Å²) in [7, 11) is 0. The average Bonchev–Trinajstić information content (AvgIpc) is 3.15. The van der Waals surface area contributed by atoms with Crippen LogP contribution in [0.3, 0.4) is 0 Å². The molecule has 0 aliphatic heterocycles. The van der Waals surface area contributed by atoms with Gasteiger partial charge in [-0.25, -0.2) is 0 Å². The fourth-order valence-electron chi connectivity index (χ4n) is 2.28. The van der Waals surface area contributed by atoms with Gasteiger partial charge in [-0.05, 0) is 41.6 Å². The van der Waals surface area contributed by atoms with Gasteiger partial charge in [0.2, 0.25) is 17.0 Å². The van der Waals surface area contributed by atoms with Gasteiger partial charge in [0.1, 0.15) is 0 Å². The molecular formula is C18H18N6O2S2. The Bertz CT molecular complexity index is 974. The van der Waals surface area contributed by atoms with Crippen molar-refractivity contribution in [3.8, 4) is 5.69 Å². The Kier molecular flexibility index (Phi) is 6.66. The van der Waals surface area contributed by atoms with E-state index in [4.69, 9.17) is 5.73 Å². The SMILES string of the molecule is Cc1ccc(-n2nnnc2SCC(=O)Nc2ccccc2SCC(N)=O)cc1. The van der Waals surface area contributed by atoms with Gasteiger partial charge in [-0.1, -0.05) is 41.6 Å². The third-order valence-corrected chi connectivity index (χ3v) is 5.60. The molecule has 144 valence electrons. The molecule has 10 heteroatoms. The van der Waals surface area contributed by atoms with E-state index in [1.807, 2.05) is 49.4 Å². The Morgan fingerprint density at radius 2 is 1.82 bits per heavy atom. The first-order chi connectivity index (χ1) is 13.5. The highest BCUT2D eigenvalue weighted by atomic mass is 32.2. The number of rotatable bonds is 8. The Hall–Kier alpha value is -2.85. The van der Waals surface area contributed by atoms with Gasteiger partial charge >= 0.3 is 0 Å². The van der Waals surface area contributed by atoms with E-state index in [9.17, 15) is 9.59 Å². The quantitative estimate of drug-likeness (QED) is 0.543. The van der Waals surface area contributed by atoms with E-state index in [0.29, 0.717) is 10.8 Å². The van der Waals surface area contributed by atoms with E-state index < -0.39 is 5.91 Å². The van der Waals surface area contributed by atoms with Gasteiger partial charge < -0.3 is 11.1 Å². The molecule has 0 saturated carbocycles. The van der Waals surface area contributed by atoms with Crippen LogP contribution < -0.4 is 11.1 Å². The minimum absolute atomic E-state index is 0.140.